The van der Waals surface area contributed by atoms with Crippen molar-refractivity contribution in [1.82, 2.24) is 15.1 Å². The van der Waals surface area contributed by atoms with Gasteiger partial charge in [-0.15, -0.1) is 0 Å². The number of nitrogens with one attached hydrogen (secondary N) is 2. The summed E-state index contributed by atoms with van der Waals surface area (Å²) in [6.07, 6.45) is 5.19. The lowest BCUT2D eigenvalue weighted by atomic mass is 10.00. The summed E-state index contributed by atoms with van der Waals surface area (Å²) in [5.74, 6) is 1.70. The summed E-state index contributed by atoms with van der Waals surface area (Å²) < 4.78 is 27.2. The van der Waals surface area contributed by atoms with E-state index in [1.807, 2.05) is 6.07 Å². The summed E-state index contributed by atoms with van der Waals surface area (Å²) in [7, 11) is 6.18. The minimum absolute atomic E-state index is 0.254. The third-order valence-corrected chi connectivity index (χ3v) is 5.67. The largest absolute Gasteiger partial charge is 0.495 e. The molecular weight excluding hydrogens is 466 g/mol. The summed E-state index contributed by atoms with van der Waals surface area (Å²) in [4.78, 5) is 19.8. The number of H-pyrrole nitrogens is 1. The summed E-state index contributed by atoms with van der Waals surface area (Å²) in [6, 6.07) is 8.46. The summed E-state index contributed by atoms with van der Waals surface area (Å²) in [5.41, 5.74) is 8.01. The van der Waals surface area contributed by atoms with E-state index in [0.717, 1.165) is 11.3 Å². The predicted octanol–water partition coefficient (Wildman–Crippen LogP) is 2.56. The molecule has 2 heterocycles. The molecule has 0 saturated heterocycles. The second-order valence-corrected chi connectivity index (χ2v) is 7.87. The molecule has 0 radical (unpaired) electrons. The molecule has 1 unspecified atom stereocenters. The molecule has 5 N–H and O–H groups in total. The highest BCUT2D eigenvalue weighted by Gasteiger charge is 2.22. The number of quaternary nitrogens is 1. The van der Waals surface area contributed by atoms with Gasteiger partial charge >= 0.3 is 0 Å². The van der Waals surface area contributed by atoms with Gasteiger partial charge in [-0.1, -0.05) is 11.2 Å². The van der Waals surface area contributed by atoms with Crippen molar-refractivity contribution in [3.8, 4) is 45.4 Å². The number of hydrogen-bond donors (Lipinski definition) is 3. The lowest BCUT2D eigenvalue weighted by Crippen LogP contribution is -2.67. The van der Waals surface area contributed by atoms with Crippen molar-refractivity contribution in [3.05, 3.63) is 54.8 Å². The highest BCUT2D eigenvalue weighted by molar-refractivity contribution is 5.96. The number of nitrogens with zero attached hydrogens (tertiary/aromatic N) is 2. The van der Waals surface area contributed by atoms with Crippen LogP contribution in [0.2, 0.25) is 0 Å². The van der Waals surface area contributed by atoms with Gasteiger partial charge in [0.2, 0.25) is 5.75 Å². The summed E-state index contributed by atoms with van der Waals surface area (Å²) in [6.45, 7) is 0. The van der Waals surface area contributed by atoms with Crippen LogP contribution in [0.1, 0.15) is 5.69 Å². The van der Waals surface area contributed by atoms with E-state index in [1.165, 1.54) is 13.4 Å². The zero-order valence-electron chi connectivity index (χ0n) is 20.5. The number of rotatable bonds is 10. The molecule has 4 aromatic rings. The molecule has 0 aliphatic rings. The van der Waals surface area contributed by atoms with Gasteiger partial charge in [0.25, 0.3) is 5.91 Å². The van der Waals surface area contributed by atoms with Gasteiger partial charge in [0.05, 0.1) is 46.9 Å². The number of ether oxygens (including phenoxy) is 4. The first-order valence-electron chi connectivity index (χ1n) is 11.0. The maximum atomic E-state index is 12.9. The molecule has 0 fully saturated rings. The zero-order valence-corrected chi connectivity index (χ0v) is 20.5. The SMILES string of the molecule is COc1ccc(-c2conc2-c2cc(OC)c(OC)c(OC)c2)cc1NC(=O)C([NH3+])Cc1cnc[nH]1. The van der Waals surface area contributed by atoms with Crippen LogP contribution in [0.4, 0.5) is 5.69 Å². The molecule has 1 amide bonds. The number of methoxy groups -OCH3 is 4. The van der Waals surface area contributed by atoms with Gasteiger partial charge in [0.15, 0.2) is 17.5 Å². The van der Waals surface area contributed by atoms with Crippen LogP contribution in [0.5, 0.6) is 23.0 Å². The van der Waals surface area contributed by atoms with Crippen LogP contribution in [0.3, 0.4) is 0 Å². The van der Waals surface area contributed by atoms with Gasteiger partial charge in [0, 0.05) is 23.0 Å². The molecule has 0 aliphatic carbocycles. The standard InChI is InChI=1S/C25H27N5O6/c1-32-20-6-5-14(7-19(20)29-25(31)18(26)10-16-11-27-13-28-16)17-12-36-30-23(17)15-8-21(33-2)24(35-4)22(9-15)34-3/h5-9,11-13,18H,10,26H2,1-4H3,(H,27,28)(H,29,31)/p+1. The van der Waals surface area contributed by atoms with E-state index in [4.69, 9.17) is 23.5 Å². The van der Waals surface area contributed by atoms with Crippen molar-refractivity contribution < 1.29 is 34.0 Å². The Bertz CT molecular complexity index is 1310. The Labute approximate surface area is 207 Å². The van der Waals surface area contributed by atoms with Crippen LogP contribution in [0.25, 0.3) is 22.4 Å². The van der Waals surface area contributed by atoms with Crippen LogP contribution in [0.15, 0.2) is 53.6 Å². The number of imidazole rings is 1. The molecule has 1 atom stereocenters. The minimum atomic E-state index is -0.538. The molecule has 4 rings (SSSR count). The Hall–Kier alpha value is -4.51. The van der Waals surface area contributed by atoms with E-state index in [9.17, 15) is 4.79 Å². The smallest absolute Gasteiger partial charge is 0.283 e. The van der Waals surface area contributed by atoms with Crippen LogP contribution in [0, 0.1) is 0 Å². The lowest BCUT2D eigenvalue weighted by Gasteiger charge is -2.15. The van der Waals surface area contributed by atoms with Gasteiger partial charge in [-0.25, -0.2) is 4.98 Å². The van der Waals surface area contributed by atoms with Crippen molar-refractivity contribution in [1.29, 1.82) is 0 Å². The van der Waals surface area contributed by atoms with Crippen molar-refractivity contribution in [3.63, 3.8) is 0 Å². The van der Waals surface area contributed by atoms with Crippen molar-refractivity contribution in [2.75, 3.05) is 33.8 Å². The number of hydrogen-bond acceptors (Lipinski definition) is 8. The molecule has 36 heavy (non-hydrogen) atoms. The number of aromatic nitrogens is 3. The fourth-order valence-electron chi connectivity index (χ4n) is 3.83. The van der Waals surface area contributed by atoms with E-state index in [1.54, 1.807) is 58.1 Å². The van der Waals surface area contributed by atoms with Crippen LogP contribution in [-0.4, -0.2) is 55.5 Å². The van der Waals surface area contributed by atoms with Gasteiger partial charge in [-0.2, -0.15) is 0 Å². The number of anilines is 1. The maximum absolute atomic E-state index is 12.9. The Morgan fingerprint density at radius 2 is 1.75 bits per heavy atom. The van der Waals surface area contributed by atoms with Crippen molar-refractivity contribution in [2.45, 2.75) is 12.5 Å². The normalized spacial score (nSPS) is 11.6. The van der Waals surface area contributed by atoms with E-state index < -0.39 is 6.04 Å². The van der Waals surface area contributed by atoms with Crippen LogP contribution >= 0.6 is 0 Å². The van der Waals surface area contributed by atoms with E-state index in [2.05, 4.69) is 26.2 Å². The number of benzene rings is 2. The number of amides is 1. The Balaban J connectivity index is 1.67. The molecule has 11 nitrogen and oxygen atoms in total. The number of carbonyl (C=O) groups is 1. The molecular formula is C25H28N5O6+. The topological polar surface area (TPSA) is 148 Å². The fraction of sp³-hybridized carbons (Fsp3) is 0.240. The predicted molar refractivity (Wildman–Crippen MR) is 131 cm³/mol. The fourth-order valence-corrected chi connectivity index (χ4v) is 3.83. The molecule has 2 aromatic heterocycles. The monoisotopic (exact) mass is 494 g/mol. The third-order valence-electron chi connectivity index (χ3n) is 5.67. The van der Waals surface area contributed by atoms with E-state index in [0.29, 0.717) is 51.9 Å². The quantitative estimate of drug-likeness (QED) is 0.305. The second kappa shape index (κ2) is 10.8. The average molecular weight is 495 g/mol. The molecule has 2 aromatic carbocycles. The van der Waals surface area contributed by atoms with Crippen molar-refractivity contribution in [2.24, 2.45) is 0 Å². The van der Waals surface area contributed by atoms with E-state index in [-0.39, 0.29) is 5.91 Å². The van der Waals surface area contributed by atoms with Gasteiger partial charge in [-0.3, -0.25) is 4.79 Å². The highest BCUT2D eigenvalue weighted by atomic mass is 16.5. The number of aromatic amines is 1. The first-order valence-corrected chi connectivity index (χ1v) is 11.0. The Morgan fingerprint density at radius 3 is 2.36 bits per heavy atom. The first-order chi connectivity index (χ1) is 17.5. The van der Waals surface area contributed by atoms with Gasteiger partial charge in [-0.05, 0) is 29.8 Å². The minimum Gasteiger partial charge on any atom is -0.495 e. The molecule has 0 bridgehead atoms. The summed E-state index contributed by atoms with van der Waals surface area (Å²) in [5, 5.41) is 7.13. The number of carbonyl (C=O) groups excluding carboxylic acids is 1. The van der Waals surface area contributed by atoms with Crippen LogP contribution in [-0.2, 0) is 11.2 Å². The summed E-state index contributed by atoms with van der Waals surface area (Å²) >= 11 is 0. The molecule has 11 heteroatoms. The average Bonchev–Trinajstić information content (AvgIpc) is 3.60. The Kier molecular flexibility index (Phi) is 7.40. The van der Waals surface area contributed by atoms with Gasteiger partial charge in [0.1, 0.15) is 17.7 Å². The first kappa shape index (κ1) is 24.6. The molecule has 0 aliphatic heterocycles. The van der Waals surface area contributed by atoms with Crippen molar-refractivity contribution >= 4 is 11.6 Å². The second-order valence-electron chi connectivity index (χ2n) is 7.87. The Morgan fingerprint density at radius 1 is 1.03 bits per heavy atom. The maximum Gasteiger partial charge on any atom is 0.283 e. The molecule has 188 valence electrons. The molecule has 0 saturated carbocycles. The molecule has 0 spiro atoms. The van der Waals surface area contributed by atoms with Gasteiger partial charge < -0.3 is 39.5 Å². The van der Waals surface area contributed by atoms with E-state index >= 15 is 0 Å². The highest BCUT2D eigenvalue weighted by Crippen LogP contribution is 2.43. The lowest BCUT2D eigenvalue weighted by molar-refractivity contribution is -0.402. The third kappa shape index (κ3) is 4.96. The van der Waals surface area contributed by atoms with Crippen LogP contribution < -0.4 is 30.0 Å². The zero-order chi connectivity index (χ0) is 25.7.